The Morgan fingerprint density at radius 1 is 1.27 bits per heavy atom. The Bertz CT molecular complexity index is 759. The Kier molecular flexibility index (Phi) is 7.41. The van der Waals surface area contributed by atoms with E-state index < -0.39 is 17.4 Å². The zero-order valence-electron chi connectivity index (χ0n) is 17.6. The van der Waals surface area contributed by atoms with Crippen molar-refractivity contribution in [2.24, 2.45) is 5.92 Å². The minimum atomic E-state index is -1.02. The first-order chi connectivity index (χ1) is 14.4. The fourth-order valence-electron chi connectivity index (χ4n) is 4.25. The number of thioether (sulfide) groups is 1. The van der Waals surface area contributed by atoms with Crippen LogP contribution in [-0.2, 0) is 19.8 Å². The van der Waals surface area contributed by atoms with Crippen molar-refractivity contribution in [3.8, 4) is 0 Å². The van der Waals surface area contributed by atoms with Gasteiger partial charge in [-0.1, -0.05) is 50.6 Å². The van der Waals surface area contributed by atoms with E-state index in [1.165, 1.54) is 0 Å². The molecular weight excluding hydrogens is 402 g/mol. The third kappa shape index (κ3) is 4.64. The lowest BCUT2D eigenvalue weighted by Gasteiger charge is -2.42. The van der Waals surface area contributed by atoms with Gasteiger partial charge in [0.1, 0.15) is 6.04 Å². The molecule has 0 radical (unpaired) electrons. The third-order valence-electron chi connectivity index (χ3n) is 6.47. The van der Waals surface area contributed by atoms with E-state index in [9.17, 15) is 19.5 Å². The molecule has 2 amide bonds. The van der Waals surface area contributed by atoms with Gasteiger partial charge in [-0.3, -0.25) is 14.9 Å². The summed E-state index contributed by atoms with van der Waals surface area (Å²) in [6, 6.07) is 8.44. The molecule has 3 atom stereocenters. The van der Waals surface area contributed by atoms with Gasteiger partial charge in [0.05, 0.1) is 11.5 Å². The van der Waals surface area contributed by atoms with E-state index >= 15 is 0 Å². The number of amides is 2. The van der Waals surface area contributed by atoms with Crippen molar-refractivity contribution in [1.29, 1.82) is 0 Å². The molecule has 0 aliphatic carbocycles. The minimum absolute atomic E-state index is 0.0880. The summed E-state index contributed by atoms with van der Waals surface area (Å²) in [5.74, 6) is 0.195. The molecule has 0 bridgehead atoms. The van der Waals surface area contributed by atoms with Gasteiger partial charge in [-0.2, -0.15) is 0 Å². The molecule has 0 unspecified atom stereocenters. The maximum Gasteiger partial charge on any atom is 0.326 e. The van der Waals surface area contributed by atoms with Crippen molar-refractivity contribution < 1.29 is 19.5 Å². The fraction of sp³-hybridized carbons (Fsp3) is 0.591. The second-order valence-corrected chi connectivity index (χ2v) is 9.25. The zero-order valence-corrected chi connectivity index (χ0v) is 18.4. The Balaban J connectivity index is 1.80. The van der Waals surface area contributed by atoms with E-state index in [0.717, 1.165) is 17.2 Å². The summed E-state index contributed by atoms with van der Waals surface area (Å²) in [6.45, 7) is 4.71. The summed E-state index contributed by atoms with van der Waals surface area (Å²) in [7, 11) is 0. The highest BCUT2D eigenvalue weighted by Crippen LogP contribution is 2.36. The highest BCUT2D eigenvalue weighted by Gasteiger charge is 2.45. The largest absolute Gasteiger partial charge is 0.480 e. The van der Waals surface area contributed by atoms with Gasteiger partial charge in [0.25, 0.3) is 0 Å². The van der Waals surface area contributed by atoms with Crippen LogP contribution in [-0.4, -0.2) is 64.6 Å². The highest BCUT2D eigenvalue weighted by atomic mass is 32.2. The Hall–Kier alpha value is -2.06. The van der Waals surface area contributed by atoms with Crippen LogP contribution in [0.25, 0.3) is 0 Å². The van der Waals surface area contributed by atoms with Gasteiger partial charge in [-0.25, -0.2) is 4.79 Å². The number of hydrogen-bond acceptors (Lipinski definition) is 5. The van der Waals surface area contributed by atoms with Crippen LogP contribution in [0.1, 0.15) is 38.7 Å². The number of carboxylic acids is 1. The number of carboxylic acid groups (broad SMARTS) is 1. The van der Waals surface area contributed by atoms with Gasteiger partial charge < -0.3 is 15.3 Å². The van der Waals surface area contributed by atoms with Gasteiger partial charge in [0.15, 0.2) is 0 Å². The van der Waals surface area contributed by atoms with E-state index in [-0.39, 0.29) is 23.8 Å². The number of benzene rings is 1. The molecule has 2 aliphatic heterocycles. The molecule has 8 heteroatoms. The summed E-state index contributed by atoms with van der Waals surface area (Å²) in [5, 5.41) is 15.7. The van der Waals surface area contributed by atoms with E-state index in [4.69, 9.17) is 0 Å². The summed E-state index contributed by atoms with van der Waals surface area (Å²) in [4.78, 5) is 39.9. The van der Waals surface area contributed by atoms with Crippen LogP contribution in [0.3, 0.4) is 0 Å². The summed E-state index contributed by atoms with van der Waals surface area (Å²) >= 11 is 1.71. The first kappa shape index (κ1) is 22.6. The normalized spacial score (nSPS) is 22.9. The Labute approximate surface area is 182 Å². The zero-order chi connectivity index (χ0) is 21.7. The van der Waals surface area contributed by atoms with Gasteiger partial charge in [0, 0.05) is 24.7 Å². The average molecular weight is 434 g/mol. The number of aliphatic carboxylic acids is 1. The predicted molar refractivity (Wildman–Crippen MR) is 117 cm³/mol. The van der Waals surface area contributed by atoms with Crippen LogP contribution in [0, 0.1) is 5.92 Å². The fourth-order valence-corrected chi connectivity index (χ4v) is 5.18. The van der Waals surface area contributed by atoms with Crippen molar-refractivity contribution in [2.45, 2.75) is 50.6 Å². The lowest BCUT2D eigenvalue weighted by molar-refractivity contribution is -0.145. The van der Waals surface area contributed by atoms with E-state index in [0.29, 0.717) is 32.4 Å². The average Bonchev–Trinajstić information content (AvgIpc) is 3.31. The van der Waals surface area contributed by atoms with Crippen LogP contribution < -0.4 is 10.6 Å². The summed E-state index contributed by atoms with van der Waals surface area (Å²) in [5.41, 5.74) is 0.0364. The molecule has 7 nitrogen and oxygen atoms in total. The predicted octanol–water partition coefficient (Wildman–Crippen LogP) is 1.82. The van der Waals surface area contributed by atoms with Crippen molar-refractivity contribution in [3.05, 3.63) is 35.9 Å². The first-order valence-corrected chi connectivity index (χ1v) is 11.7. The lowest BCUT2D eigenvalue weighted by atomic mass is 9.71. The maximum absolute atomic E-state index is 13.5. The topological polar surface area (TPSA) is 98.7 Å². The molecule has 1 aromatic carbocycles. The summed E-state index contributed by atoms with van der Waals surface area (Å²) < 4.78 is 0. The number of rotatable bonds is 7. The second kappa shape index (κ2) is 9.83. The van der Waals surface area contributed by atoms with Gasteiger partial charge in [-0.05, 0) is 24.3 Å². The smallest absolute Gasteiger partial charge is 0.326 e. The molecule has 3 rings (SSSR count). The Morgan fingerprint density at radius 3 is 2.47 bits per heavy atom. The van der Waals surface area contributed by atoms with Crippen LogP contribution in [0.15, 0.2) is 30.3 Å². The molecule has 30 heavy (non-hydrogen) atoms. The van der Waals surface area contributed by atoms with E-state index in [2.05, 4.69) is 10.6 Å². The van der Waals surface area contributed by atoms with Gasteiger partial charge in [-0.15, -0.1) is 11.8 Å². The number of nitrogens with one attached hydrogen (secondary N) is 2. The number of likely N-dealkylation sites (tertiary alicyclic amines) is 1. The molecule has 2 fully saturated rings. The molecule has 164 valence electrons. The molecule has 2 heterocycles. The molecule has 2 saturated heterocycles. The standard InChI is InChI=1S/C22H31N3O4S/c1-3-15(2)18(20(27)28)24-21(29)22(16-7-5-4-6-8-16)9-11-25(12-10-22)19(26)17-13-30-14-23-17/h4-8,15,17-18,23H,3,9-14H2,1-2H3,(H,24,29)(H,27,28)/t15-,17+,18+/m1/s1. The van der Waals surface area contributed by atoms with Crippen molar-refractivity contribution in [2.75, 3.05) is 24.7 Å². The number of hydrogen-bond donors (Lipinski definition) is 3. The van der Waals surface area contributed by atoms with E-state index in [1.807, 2.05) is 49.1 Å². The lowest BCUT2D eigenvalue weighted by Crippen LogP contribution is -2.58. The highest BCUT2D eigenvalue weighted by molar-refractivity contribution is 7.99. The van der Waals surface area contributed by atoms with Gasteiger partial charge >= 0.3 is 5.97 Å². The quantitative estimate of drug-likeness (QED) is 0.607. The van der Waals surface area contributed by atoms with Crippen LogP contribution in [0.2, 0.25) is 0 Å². The number of carbonyl (C=O) groups excluding carboxylic acids is 2. The minimum Gasteiger partial charge on any atom is -0.480 e. The molecule has 1 aromatic rings. The second-order valence-electron chi connectivity index (χ2n) is 8.22. The molecule has 0 spiro atoms. The van der Waals surface area contributed by atoms with Crippen LogP contribution >= 0.6 is 11.8 Å². The molecule has 2 aliphatic rings. The molecular formula is C22H31N3O4S. The van der Waals surface area contributed by atoms with Crippen LogP contribution in [0.4, 0.5) is 0 Å². The van der Waals surface area contributed by atoms with Crippen LogP contribution in [0.5, 0.6) is 0 Å². The van der Waals surface area contributed by atoms with Crippen molar-refractivity contribution in [3.63, 3.8) is 0 Å². The van der Waals surface area contributed by atoms with Gasteiger partial charge in [0.2, 0.25) is 11.8 Å². The van der Waals surface area contributed by atoms with Crippen molar-refractivity contribution >= 4 is 29.5 Å². The number of nitrogens with zero attached hydrogens (tertiary/aromatic N) is 1. The SMILES string of the molecule is CC[C@@H](C)[C@H](NC(=O)C1(c2ccccc2)CCN(C(=O)[C@@H]2CSCN2)CC1)C(=O)O. The monoisotopic (exact) mass is 433 g/mol. The number of carbonyl (C=O) groups is 3. The molecule has 3 N–H and O–H groups in total. The maximum atomic E-state index is 13.5. The first-order valence-electron chi connectivity index (χ1n) is 10.6. The third-order valence-corrected chi connectivity index (χ3v) is 7.41. The number of piperidine rings is 1. The Morgan fingerprint density at radius 2 is 1.93 bits per heavy atom. The van der Waals surface area contributed by atoms with Crippen molar-refractivity contribution in [1.82, 2.24) is 15.5 Å². The molecule has 0 aromatic heterocycles. The summed E-state index contributed by atoms with van der Waals surface area (Å²) in [6.07, 6.45) is 1.60. The van der Waals surface area contributed by atoms with E-state index in [1.54, 1.807) is 11.8 Å². The molecule has 0 saturated carbocycles.